The van der Waals surface area contributed by atoms with Crippen LogP contribution in [-0.4, -0.2) is 5.91 Å². The third-order valence-corrected chi connectivity index (χ3v) is 3.54. The molecule has 0 aliphatic heterocycles. The third-order valence-electron chi connectivity index (χ3n) is 3.02. The summed E-state index contributed by atoms with van der Waals surface area (Å²) in [6.07, 6.45) is 1.94. The van der Waals surface area contributed by atoms with Gasteiger partial charge in [0.05, 0.1) is 0 Å². The van der Waals surface area contributed by atoms with Crippen molar-refractivity contribution in [3.63, 3.8) is 0 Å². The van der Waals surface area contributed by atoms with Crippen molar-refractivity contribution in [2.75, 3.05) is 5.32 Å². The molecule has 0 atom stereocenters. The van der Waals surface area contributed by atoms with Crippen LogP contribution < -0.4 is 10.5 Å². The average Bonchev–Trinajstić information content (AvgIpc) is 2.50. The van der Waals surface area contributed by atoms with E-state index >= 15 is 0 Å². The Hall–Kier alpha value is -1.78. The van der Waals surface area contributed by atoms with Crippen molar-refractivity contribution in [1.82, 2.24) is 0 Å². The van der Waals surface area contributed by atoms with Crippen LogP contribution in [0.4, 0.5) is 5.69 Å². The van der Waals surface area contributed by atoms with Gasteiger partial charge in [-0.25, -0.2) is 0 Å². The van der Waals surface area contributed by atoms with Crippen LogP contribution in [0.15, 0.2) is 53.4 Å². The molecule has 0 aromatic heterocycles. The standard InChI is InChI=1S/C16H18N2OS/c1-2-6-13-11-14(20-17)9-10-15(13)18-16(19)12-7-4-3-5-8-12/h3-5,7-11H,2,6,17H2,1H3,(H,18,19). The molecule has 0 bridgehead atoms. The second-order valence-electron chi connectivity index (χ2n) is 4.51. The maximum absolute atomic E-state index is 12.2. The van der Waals surface area contributed by atoms with Crippen LogP contribution in [-0.2, 0) is 6.42 Å². The van der Waals surface area contributed by atoms with E-state index in [-0.39, 0.29) is 5.91 Å². The lowest BCUT2D eigenvalue weighted by molar-refractivity contribution is 0.102. The first-order valence-electron chi connectivity index (χ1n) is 6.60. The molecule has 3 N–H and O–H groups in total. The van der Waals surface area contributed by atoms with Crippen LogP contribution in [0.25, 0.3) is 0 Å². The summed E-state index contributed by atoms with van der Waals surface area (Å²) in [6.45, 7) is 2.12. The van der Waals surface area contributed by atoms with Gasteiger partial charge in [0.25, 0.3) is 5.91 Å². The highest BCUT2D eigenvalue weighted by Gasteiger charge is 2.09. The van der Waals surface area contributed by atoms with Crippen molar-refractivity contribution < 1.29 is 4.79 Å². The van der Waals surface area contributed by atoms with E-state index in [0.717, 1.165) is 29.0 Å². The maximum Gasteiger partial charge on any atom is 0.255 e. The van der Waals surface area contributed by atoms with Gasteiger partial charge in [-0.3, -0.25) is 9.93 Å². The predicted octanol–water partition coefficient (Wildman–Crippen LogP) is 3.86. The number of anilines is 1. The zero-order valence-corrected chi connectivity index (χ0v) is 12.2. The number of hydrogen-bond acceptors (Lipinski definition) is 3. The van der Waals surface area contributed by atoms with Gasteiger partial charge in [0.1, 0.15) is 0 Å². The van der Waals surface area contributed by atoms with E-state index in [2.05, 4.69) is 12.2 Å². The molecule has 4 heteroatoms. The first kappa shape index (κ1) is 14.6. The number of aryl methyl sites for hydroxylation is 1. The number of nitrogens with one attached hydrogen (secondary N) is 1. The van der Waals surface area contributed by atoms with Crippen LogP contribution >= 0.6 is 11.9 Å². The molecule has 0 heterocycles. The lowest BCUT2D eigenvalue weighted by atomic mass is 10.1. The summed E-state index contributed by atoms with van der Waals surface area (Å²) in [4.78, 5) is 13.2. The number of carbonyl (C=O) groups is 1. The van der Waals surface area contributed by atoms with Gasteiger partial charge in [0.2, 0.25) is 0 Å². The minimum Gasteiger partial charge on any atom is -0.322 e. The highest BCUT2D eigenvalue weighted by Crippen LogP contribution is 2.23. The smallest absolute Gasteiger partial charge is 0.255 e. The molecule has 3 nitrogen and oxygen atoms in total. The molecular formula is C16H18N2OS. The van der Waals surface area contributed by atoms with Gasteiger partial charge < -0.3 is 5.32 Å². The van der Waals surface area contributed by atoms with Gasteiger partial charge in [-0.05, 0) is 54.3 Å². The number of nitrogens with two attached hydrogens (primary N) is 1. The Morgan fingerprint density at radius 1 is 1.20 bits per heavy atom. The van der Waals surface area contributed by atoms with Crippen molar-refractivity contribution in [2.45, 2.75) is 24.7 Å². The fourth-order valence-corrected chi connectivity index (χ4v) is 2.38. The van der Waals surface area contributed by atoms with Crippen LogP contribution in [0, 0.1) is 0 Å². The van der Waals surface area contributed by atoms with Crippen LogP contribution in [0.5, 0.6) is 0 Å². The lowest BCUT2D eigenvalue weighted by Gasteiger charge is -2.12. The molecule has 0 unspecified atom stereocenters. The first-order chi connectivity index (χ1) is 9.74. The van der Waals surface area contributed by atoms with Gasteiger partial charge >= 0.3 is 0 Å². The normalized spacial score (nSPS) is 10.3. The molecule has 2 rings (SSSR count). The van der Waals surface area contributed by atoms with Crippen molar-refractivity contribution in [3.05, 3.63) is 59.7 Å². The summed E-state index contributed by atoms with van der Waals surface area (Å²) in [5.74, 6) is -0.0869. The van der Waals surface area contributed by atoms with Gasteiger partial charge in [-0.1, -0.05) is 31.5 Å². The Kier molecular flexibility index (Phi) is 5.21. The van der Waals surface area contributed by atoms with Gasteiger partial charge in [0.15, 0.2) is 0 Å². The molecule has 2 aromatic carbocycles. The van der Waals surface area contributed by atoms with E-state index in [9.17, 15) is 4.79 Å². The molecule has 0 saturated heterocycles. The topological polar surface area (TPSA) is 55.1 Å². The maximum atomic E-state index is 12.2. The van der Waals surface area contributed by atoms with E-state index < -0.39 is 0 Å². The van der Waals surface area contributed by atoms with Crippen molar-refractivity contribution in [2.24, 2.45) is 5.14 Å². The minimum atomic E-state index is -0.0869. The fraction of sp³-hybridized carbons (Fsp3) is 0.188. The largest absolute Gasteiger partial charge is 0.322 e. The Bertz CT molecular complexity index is 584. The summed E-state index contributed by atoms with van der Waals surface area (Å²) in [5, 5.41) is 8.56. The molecule has 104 valence electrons. The summed E-state index contributed by atoms with van der Waals surface area (Å²) in [5.41, 5.74) is 2.64. The summed E-state index contributed by atoms with van der Waals surface area (Å²) in [6, 6.07) is 15.1. The van der Waals surface area contributed by atoms with Crippen molar-refractivity contribution in [3.8, 4) is 0 Å². The SMILES string of the molecule is CCCc1cc(SN)ccc1NC(=O)c1ccccc1. The van der Waals surface area contributed by atoms with E-state index in [0.29, 0.717) is 5.56 Å². The molecule has 2 aromatic rings. The lowest BCUT2D eigenvalue weighted by Crippen LogP contribution is -2.13. The highest BCUT2D eigenvalue weighted by molar-refractivity contribution is 7.97. The number of hydrogen-bond donors (Lipinski definition) is 2. The molecule has 0 aliphatic rings. The van der Waals surface area contributed by atoms with E-state index in [1.165, 1.54) is 11.9 Å². The highest BCUT2D eigenvalue weighted by atomic mass is 32.2. The molecule has 0 aliphatic carbocycles. The molecule has 0 spiro atoms. The molecule has 20 heavy (non-hydrogen) atoms. The fourth-order valence-electron chi connectivity index (χ4n) is 2.03. The second kappa shape index (κ2) is 7.12. The predicted molar refractivity (Wildman–Crippen MR) is 84.9 cm³/mol. The molecule has 0 saturated carbocycles. The second-order valence-corrected chi connectivity index (χ2v) is 5.21. The first-order valence-corrected chi connectivity index (χ1v) is 7.48. The number of rotatable bonds is 5. The Labute approximate surface area is 123 Å². The molecule has 0 radical (unpaired) electrons. The molecule has 0 fully saturated rings. The Morgan fingerprint density at radius 3 is 2.60 bits per heavy atom. The van der Waals surface area contributed by atoms with E-state index in [1.807, 2.05) is 36.4 Å². The van der Waals surface area contributed by atoms with E-state index in [1.54, 1.807) is 12.1 Å². The summed E-state index contributed by atoms with van der Waals surface area (Å²) in [7, 11) is 0. The van der Waals surface area contributed by atoms with Crippen LogP contribution in [0.3, 0.4) is 0 Å². The Balaban J connectivity index is 2.22. The van der Waals surface area contributed by atoms with E-state index in [4.69, 9.17) is 5.14 Å². The van der Waals surface area contributed by atoms with Crippen LogP contribution in [0.2, 0.25) is 0 Å². The monoisotopic (exact) mass is 286 g/mol. The number of amides is 1. The van der Waals surface area contributed by atoms with Gasteiger partial charge in [-0.15, -0.1) is 0 Å². The Morgan fingerprint density at radius 2 is 1.95 bits per heavy atom. The number of benzene rings is 2. The van der Waals surface area contributed by atoms with Gasteiger partial charge in [-0.2, -0.15) is 0 Å². The molecule has 1 amide bonds. The third kappa shape index (κ3) is 3.62. The van der Waals surface area contributed by atoms with Crippen LogP contribution in [0.1, 0.15) is 29.3 Å². The molecular weight excluding hydrogens is 268 g/mol. The number of carbonyl (C=O) groups excluding carboxylic acids is 1. The zero-order chi connectivity index (χ0) is 14.4. The zero-order valence-electron chi connectivity index (χ0n) is 11.4. The van der Waals surface area contributed by atoms with Crippen molar-refractivity contribution >= 4 is 23.5 Å². The quantitative estimate of drug-likeness (QED) is 0.821. The van der Waals surface area contributed by atoms with Gasteiger partial charge in [0, 0.05) is 16.1 Å². The minimum absolute atomic E-state index is 0.0869. The average molecular weight is 286 g/mol. The summed E-state index contributed by atoms with van der Waals surface area (Å²) < 4.78 is 0. The van der Waals surface area contributed by atoms with Crippen molar-refractivity contribution in [1.29, 1.82) is 0 Å². The summed E-state index contributed by atoms with van der Waals surface area (Å²) >= 11 is 1.22.